The Balaban J connectivity index is 3.69. The van der Waals surface area contributed by atoms with Gasteiger partial charge in [-0.15, -0.1) is 6.58 Å². The minimum Gasteiger partial charge on any atom is -0.386 e. The fourth-order valence-electron chi connectivity index (χ4n) is 0.860. The van der Waals surface area contributed by atoms with Crippen molar-refractivity contribution in [2.24, 2.45) is 0 Å². The van der Waals surface area contributed by atoms with E-state index in [4.69, 9.17) is 4.74 Å². The molecule has 0 bridgehead atoms. The SMILES string of the molecule is C=CCNC(=O)NCC(C)(O)COC. The van der Waals surface area contributed by atoms with Gasteiger partial charge in [0.2, 0.25) is 0 Å². The van der Waals surface area contributed by atoms with Gasteiger partial charge in [0, 0.05) is 13.7 Å². The molecule has 0 aliphatic heterocycles. The van der Waals surface area contributed by atoms with Gasteiger partial charge in [-0.3, -0.25) is 0 Å². The summed E-state index contributed by atoms with van der Waals surface area (Å²) in [6, 6.07) is -0.332. The molecule has 14 heavy (non-hydrogen) atoms. The summed E-state index contributed by atoms with van der Waals surface area (Å²) < 4.78 is 4.78. The zero-order chi connectivity index (χ0) is 11.0. The van der Waals surface area contributed by atoms with Crippen molar-refractivity contribution in [1.82, 2.24) is 10.6 Å². The van der Waals surface area contributed by atoms with E-state index >= 15 is 0 Å². The van der Waals surface area contributed by atoms with E-state index in [1.54, 1.807) is 13.0 Å². The van der Waals surface area contributed by atoms with Gasteiger partial charge < -0.3 is 20.5 Å². The van der Waals surface area contributed by atoms with Crippen LogP contribution in [0.3, 0.4) is 0 Å². The second-order valence-corrected chi connectivity index (χ2v) is 3.28. The third-order valence-electron chi connectivity index (χ3n) is 1.49. The van der Waals surface area contributed by atoms with Crippen molar-refractivity contribution in [3.63, 3.8) is 0 Å². The second kappa shape index (κ2) is 6.39. The molecule has 0 saturated heterocycles. The molecule has 0 aromatic rings. The quantitative estimate of drug-likeness (QED) is 0.525. The number of rotatable bonds is 6. The van der Waals surface area contributed by atoms with Gasteiger partial charge in [0.05, 0.1) is 13.2 Å². The fourth-order valence-corrected chi connectivity index (χ4v) is 0.860. The van der Waals surface area contributed by atoms with E-state index in [9.17, 15) is 9.90 Å². The van der Waals surface area contributed by atoms with Gasteiger partial charge in [-0.05, 0) is 6.92 Å². The second-order valence-electron chi connectivity index (χ2n) is 3.28. The molecule has 0 aromatic carbocycles. The summed E-state index contributed by atoms with van der Waals surface area (Å²) in [6.45, 7) is 5.77. The van der Waals surface area contributed by atoms with E-state index in [2.05, 4.69) is 17.2 Å². The molecule has 5 nitrogen and oxygen atoms in total. The molecule has 0 radical (unpaired) electrons. The van der Waals surface area contributed by atoms with Crippen molar-refractivity contribution in [3.05, 3.63) is 12.7 Å². The van der Waals surface area contributed by atoms with Crippen LogP contribution in [-0.4, -0.2) is 43.5 Å². The number of hydrogen-bond acceptors (Lipinski definition) is 3. The number of ether oxygens (including phenoxy) is 1. The van der Waals surface area contributed by atoms with Crippen LogP contribution in [0.2, 0.25) is 0 Å². The average molecular weight is 202 g/mol. The summed E-state index contributed by atoms with van der Waals surface area (Å²) in [6.07, 6.45) is 1.58. The molecule has 3 N–H and O–H groups in total. The lowest BCUT2D eigenvalue weighted by Crippen LogP contribution is -2.47. The largest absolute Gasteiger partial charge is 0.386 e. The summed E-state index contributed by atoms with van der Waals surface area (Å²) in [5, 5.41) is 14.6. The summed E-state index contributed by atoms with van der Waals surface area (Å²) in [4.78, 5) is 11.0. The van der Waals surface area contributed by atoms with Crippen molar-refractivity contribution in [3.8, 4) is 0 Å². The van der Waals surface area contributed by atoms with Crippen LogP contribution in [0.1, 0.15) is 6.92 Å². The van der Waals surface area contributed by atoms with Crippen molar-refractivity contribution in [2.75, 3.05) is 26.8 Å². The van der Waals surface area contributed by atoms with Crippen LogP contribution in [-0.2, 0) is 4.74 Å². The molecule has 5 heteroatoms. The minimum absolute atomic E-state index is 0.143. The molecule has 1 unspecified atom stereocenters. The Morgan fingerprint density at radius 3 is 2.79 bits per heavy atom. The maximum atomic E-state index is 11.0. The molecule has 0 spiro atoms. The molecule has 0 heterocycles. The first-order valence-electron chi connectivity index (χ1n) is 4.36. The van der Waals surface area contributed by atoms with E-state index in [0.717, 1.165) is 0 Å². The molecule has 0 aliphatic carbocycles. The van der Waals surface area contributed by atoms with Crippen molar-refractivity contribution >= 4 is 6.03 Å². The highest BCUT2D eigenvalue weighted by molar-refractivity contribution is 5.74. The molecule has 2 amide bonds. The van der Waals surface area contributed by atoms with Crippen molar-refractivity contribution in [1.29, 1.82) is 0 Å². The molecular formula is C9H18N2O3. The Bertz CT molecular complexity index is 192. The van der Waals surface area contributed by atoms with E-state index in [1.807, 2.05) is 0 Å². The molecule has 82 valence electrons. The Morgan fingerprint density at radius 1 is 1.64 bits per heavy atom. The van der Waals surface area contributed by atoms with E-state index in [-0.39, 0.29) is 19.2 Å². The van der Waals surface area contributed by atoms with Crippen LogP contribution in [0.25, 0.3) is 0 Å². The summed E-state index contributed by atoms with van der Waals surface area (Å²) >= 11 is 0. The molecule has 0 aromatic heterocycles. The summed E-state index contributed by atoms with van der Waals surface area (Å²) in [7, 11) is 1.49. The van der Waals surface area contributed by atoms with E-state index in [1.165, 1.54) is 7.11 Å². The van der Waals surface area contributed by atoms with E-state index < -0.39 is 5.60 Å². The van der Waals surface area contributed by atoms with Gasteiger partial charge in [-0.2, -0.15) is 0 Å². The number of methoxy groups -OCH3 is 1. The maximum absolute atomic E-state index is 11.0. The first-order chi connectivity index (χ1) is 6.52. The lowest BCUT2D eigenvalue weighted by atomic mass is 10.1. The van der Waals surface area contributed by atoms with Crippen LogP contribution in [0, 0.1) is 0 Å². The van der Waals surface area contributed by atoms with Gasteiger partial charge in [0.15, 0.2) is 0 Å². The molecular weight excluding hydrogens is 184 g/mol. The number of hydrogen-bond donors (Lipinski definition) is 3. The van der Waals surface area contributed by atoms with E-state index in [0.29, 0.717) is 6.54 Å². The van der Waals surface area contributed by atoms with Gasteiger partial charge in [0.25, 0.3) is 0 Å². The number of carbonyl (C=O) groups is 1. The zero-order valence-electron chi connectivity index (χ0n) is 8.67. The van der Waals surface area contributed by atoms with Gasteiger partial charge in [0.1, 0.15) is 5.60 Å². The molecule has 0 fully saturated rings. The number of nitrogens with one attached hydrogen (secondary N) is 2. The highest BCUT2D eigenvalue weighted by Crippen LogP contribution is 2.00. The molecule has 0 rings (SSSR count). The predicted molar refractivity (Wildman–Crippen MR) is 54.1 cm³/mol. The number of amides is 2. The lowest BCUT2D eigenvalue weighted by Gasteiger charge is -2.22. The first kappa shape index (κ1) is 12.9. The van der Waals surface area contributed by atoms with Crippen LogP contribution in [0.4, 0.5) is 4.79 Å². The van der Waals surface area contributed by atoms with Crippen molar-refractivity contribution in [2.45, 2.75) is 12.5 Å². The molecule has 0 aliphatic rings. The van der Waals surface area contributed by atoms with Crippen LogP contribution in [0.5, 0.6) is 0 Å². The number of aliphatic hydroxyl groups is 1. The maximum Gasteiger partial charge on any atom is 0.315 e. The van der Waals surface area contributed by atoms with Crippen molar-refractivity contribution < 1.29 is 14.6 Å². The average Bonchev–Trinajstić information content (AvgIpc) is 2.11. The highest BCUT2D eigenvalue weighted by atomic mass is 16.5. The zero-order valence-corrected chi connectivity index (χ0v) is 8.67. The third kappa shape index (κ3) is 6.45. The Kier molecular flexibility index (Phi) is 5.91. The smallest absolute Gasteiger partial charge is 0.315 e. The number of urea groups is 1. The van der Waals surface area contributed by atoms with Gasteiger partial charge in [-0.25, -0.2) is 4.79 Å². The Hall–Kier alpha value is -1.07. The highest BCUT2D eigenvalue weighted by Gasteiger charge is 2.20. The summed E-state index contributed by atoms with van der Waals surface area (Å²) in [5.74, 6) is 0. The number of carbonyl (C=O) groups excluding carboxylic acids is 1. The topological polar surface area (TPSA) is 70.6 Å². The predicted octanol–water partition coefficient (Wildman–Crippen LogP) is -0.131. The monoisotopic (exact) mass is 202 g/mol. The van der Waals surface area contributed by atoms with Crippen LogP contribution < -0.4 is 10.6 Å². The molecule has 1 atom stereocenters. The fraction of sp³-hybridized carbons (Fsp3) is 0.667. The third-order valence-corrected chi connectivity index (χ3v) is 1.49. The van der Waals surface area contributed by atoms with Gasteiger partial charge in [-0.1, -0.05) is 6.08 Å². The minimum atomic E-state index is -1.04. The first-order valence-corrected chi connectivity index (χ1v) is 4.36. The standard InChI is InChI=1S/C9H18N2O3/c1-4-5-10-8(12)11-6-9(2,13)7-14-3/h4,13H,1,5-7H2,2-3H3,(H2,10,11,12). The Labute approximate surface area is 84.1 Å². The van der Waals surface area contributed by atoms with Crippen LogP contribution >= 0.6 is 0 Å². The van der Waals surface area contributed by atoms with Crippen LogP contribution in [0.15, 0.2) is 12.7 Å². The van der Waals surface area contributed by atoms with Gasteiger partial charge >= 0.3 is 6.03 Å². The summed E-state index contributed by atoms with van der Waals surface area (Å²) in [5.41, 5.74) is -1.04. The molecule has 0 saturated carbocycles. The lowest BCUT2D eigenvalue weighted by molar-refractivity contribution is -0.0136. The normalized spacial score (nSPS) is 14.2. The Morgan fingerprint density at radius 2 is 2.29 bits per heavy atom.